The minimum absolute atomic E-state index is 0.00980. The van der Waals surface area contributed by atoms with Crippen LogP contribution in [0, 0.1) is 11.3 Å². The van der Waals surface area contributed by atoms with Crippen LogP contribution in [0.3, 0.4) is 0 Å². The molecule has 1 aliphatic heterocycles. The SMILES string of the molecule is N#CCOc1cccc(NC(=O)C2CCCS2)c1. The van der Waals surface area contributed by atoms with E-state index in [0.717, 1.165) is 18.6 Å². The molecule has 0 aliphatic carbocycles. The van der Waals surface area contributed by atoms with Crippen molar-refractivity contribution in [1.82, 2.24) is 0 Å². The molecule has 5 heteroatoms. The fourth-order valence-corrected chi connectivity index (χ4v) is 2.95. The molecule has 2 rings (SSSR count). The molecule has 1 fully saturated rings. The van der Waals surface area contributed by atoms with E-state index in [9.17, 15) is 4.79 Å². The van der Waals surface area contributed by atoms with Gasteiger partial charge in [-0.25, -0.2) is 0 Å². The molecule has 1 aromatic carbocycles. The van der Waals surface area contributed by atoms with Gasteiger partial charge in [-0.1, -0.05) is 6.07 Å². The second-order valence-electron chi connectivity index (χ2n) is 3.97. The van der Waals surface area contributed by atoms with Gasteiger partial charge in [0.05, 0.1) is 5.25 Å². The average molecular weight is 262 g/mol. The van der Waals surface area contributed by atoms with Crippen molar-refractivity contribution in [1.29, 1.82) is 5.26 Å². The Balaban J connectivity index is 1.96. The molecular weight excluding hydrogens is 248 g/mol. The summed E-state index contributed by atoms with van der Waals surface area (Å²) in [5.74, 6) is 1.70. The number of benzene rings is 1. The zero-order valence-corrected chi connectivity index (χ0v) is 10.7. The third-order valence-electron chi connectivity index (χ3n) is 2.63. The highest BCUT2D eigenvalue weighted by atomic mass is 32.2. The molecular formula is C13H14N2O2S. The number of hydrogen-bond donors (Lipinski definition) is 1. The first-order valence-corrected chi connectivity index (χ1v) is 6.87. The molecule has 1 atom stereocenters. The summed E-state index contributed by atoms with van der Waals surface area (Å²) in [6.45, 7) is 0.00980. The van der Waals surface area contributed by atoms with Crippen molar-refractivity contribution in [3.63, 3.8) is 0 Å². The summed E-state index contributed by atoms with van der Waals surface area (Å²) in [7, 11) is 0. The lowest BCUT2D eigenvalue weighted by Crippen LogP contribution is -2.22. The van der Waals surface area contributed by atoms with E-state index in [1.165, 1.54) is 0 Å². The number of nitrogens with one attached hydrogen (secondary N) is 1. The zero-order chi connectivity index (χ0) is 12.8. The van der Waals surface area contributed by atoms with Gasteiger partial charge in [-0.3, -0.25) is 4.79 Å². The second kappa shape index (κ2) is 6.31. The summed E-state index contributed by atoms with van der Waals surface area (Å²) in [5.41, 5.74) is 0.711. The number of carbonyl (C=O) groups is 1. The molecule has 1 aromatic rings. The molecule has 1 N–H and O–H groups in total. The first kappa shape index (κ1) is 12.8. The molecule has 18 heavy (non-hydrogen) atoms. The van der Waals surface area contributed by atoms with Crippen molar-refractivity contribution in [2.45, 2.75) is 18.1 Å². The van der Waals surface area contributed by atoms with Gasteiger partial charge in [-0.2, -0.15) is 5.26 Å². The van der Waals surface area contributed by atoms with Crippen LogP contribution in [0.1, 0.15) is 12.8 Å². The van der Waals surface area contributed by atoms with E-state index in [4.69, 9.17) is 10.00 Å². The highest BCUT2D eigenvalue weighted by Gasteiger charge is 2.23. The number of rotatable bonds is 4. The van der Waals surface area contributed by atoms with Crippen LogP contribution in [0.2, 0.25) is 0 Å². The predicted molar refractivity (Wildman–Crippen MR) is 71.7 cm³/mol. The van der Waals surface area contributed by atoms with Gasteiger partial charge in [-0.05, 0) is 30.7 Å². The van der Waals surface area contributed by atoms with Crippen molar-refractivity contribution >= 4 is 23.4 Å². The Kier molecular flexibility index (Phi) is 4.48. The lowest BCUT2D eigenvalue weighted by atomic mass is 10.2. The number of nitrogens with zero attached hydrogens (tertiary/aromatic N) is 1. The van der Waals surface area contributed by atoms with Gasteiger partial charge in [0.1, 0.15) is 11.8 Å². The Hall–Kier alpha value is -1.67. The summed E-state index contributed by atoms with van der Waals surface area (Å²) in [6, 6.07) is 9.01. The first-order valence-electron chi connectivity index (χ1n) is 5.82. The van der Waals surface area contributed by atoms with Crippen molar-refractivity contribution in [3.05, 3.63) is 24.3 Å². The molecule has 1 aliphatic rings. The van der Waals surface area contributed by atoms with Crippen molar-refractivity contribution in [3.8, 4) is 11.8 Å². The first-order chi connectivity index (χ1) is 8.79. The Labute approximate surface area is 110 Å². The Morgan fingerprint density at radius 1 is 1.61 bits per heavy atom. The lowest BCUT2D eigenvalue weighted by Gasteiger charge is -2.10. The number of nitriles is 1. The maximum atomic E-state index is 11.9. The predicted octanol–water partition coefficient (Wildman–Crippen LogP) is 2.42. The smallest absolute Gasteiger partial charge is 0.237 e. The summed E-state index contributed by atoms with van der Waals surface area (Å²) in [4.78, 5) is 11.9. The van der Waals surface area contributed by atoms with Gasteiger partial charge < -0.3 is 10.1 Å². The fourth-order valence-electron chi connectivity index (χ4n) is 1.79. The molecule has 0 aromatic heterocycles. The zero-order valence-electron chi connectivity index (χ0n) is 9.89. The molecule has 94 valence electrons. The molecule has 1 amide bonds. The molecule has 4 nitrogen and oxygen atoms in total. The fraction of sp³-hybridized carbons (Fsp3) is 0.385. The normalized spacial score (nSPS) is 18.1. The van der Waals surface area contributed by atoms with E-state index < -0.39 is 0 Å². The number of hydrogen-bond acceptors (Lipinski definition) is 4. The number of amides is 1. The standard InChI is InChI=1S/C13H14N2O2S/c14-6-7-17-11-4-1-3-10(9-11)15-13(16)12-5-2-8-18-12/h1,3-4,9,12H,2,5,7-8H2,(H,15,16). The molecule has 0 bridgehead atoms. The number of anilines is 1. The Morgan fingerprint density at radius 2 is 2.50 bits per heavy atom. The largest absolute Gasteiger partial charge is 0.479 e. The maximum absolute atomic E-state index is 11.9. The summed E-state index contributed by atoms with van der Waals surface area (Å²) in [5, 5.41) is 11.4. The molecule has 1 unspecified atom stereocenters. The maximum Gasteiger partial charge on any atom is 0.237 e. The van der Waals surface area contributed by atoms with Crippen molar-refractivity contribution in [2.75, 3.05) is 17.7 Å². The van der Waals surface area contributed by atoms with Crippen LogP contribution < -0.4 is 10.1 Å². The van der Waals surface area contributed by atoms with Gasteiger partial charge >= 0.3 is 0 Å². The molecule has 0 saturated carbocycles. The topological polar surface area (TPSA) is 62.1 Å². The van der Waals surface area contributed by atoms with E-state index in [2.05, 4.69) is 5.32 Å². The van der Waals surface area contributed by atoms with Crippen LogP contribution in [-0.2, 0) is 4.79 Å². The van der Waals surface area contributed by atoms with E-state index in [1.807, 2.05) is 12.1 Å². The van der Waals surface area contributed by atoms with Crippen molar-refractivity contribution in [2.24, 2.45) is 0 Å². The minimum Gasteiger partial charge on any atom is -0.479 e. The molecule has 1 saturated heterocycles. The highest BCUT2D eigenvalue weighted by molar-refractivity contribution is 8.00. The van der Waals surface area contributed by atoms with Gasteiger partial charge in [0.2, 0.25) is 5.91 Å². The number of ether oxygens (including phenoxy) is 1. The van der Waals surface area contributed by atoms with Gasteiger partial charge in [0, 0.05) is 11.8 Å². The average Bonchev–Trinajstić information content (AvgIpc) is 2.91. The van der Waals surface area contributed by atoms with Crippen molar-refractivity contribution < 1.29 is 9.53 Å². The van der Waals surface area contributed by atoms with Gasteiger partial charge in [0.25, 0.3) is 0 Å². The Bertz CT molecular complexity index is 464. The van der Waals surface area contributed by atoms with Gasteiger partial charge in [-0.15, -0.1) is 11.8 Å². The van der Waals surface area contributed by atoms with E-state index in [1.54, 1.807) is 30.0 Å². The quantitative estimate of drug-likeness (QED) is 0.905. The van der Waals surface area contributed by atoms with Crippen LogP contribution in [0.25, 0.3) is 0 Å². The van der Waals surface area contributed by atoms with E-state index >= 15 is 0 Å². The molecule has 0 radical (unpaired) electrons. The number of carbonyl (C=O) groups excluding carboxylic acids is 1. The summed E-state index contributed by atoms with van der Waals surface area (Å²) < 4.78 is 5.19. The van der Waals surface area contributed by atoms with Gasteiger partial charge in [0.15, 0.2) is 6.61 Å². The van der Waals surface area contributed by atoms with Crippen LogP contribution in [-0.4, -0.2) is 23.5 Å². The molecule has 0 spiro atoms. The lowest BCUT2D eigenvalue weighted by molar-refractivity contribution is -0.115. The van der Waals surface area contributed by atoms with E-state index in [-0.39, 0.29) is 17.8 Å². The number of thioether (sulfide) groups is 1. The summed E-state index contributed by atoms with van der Waals surface area (Å²) in [6.07, 6.45) is 2.05. The van der Waals surface area contributed by atoms with E-state index in [0.29, 0.717) is 11.4 Å². The summed E-state index contributed by atoms with van der Waals surface area (Å²) >= 11 is 1.70. The van der Waals surface area contributed by atoms with Crippen LogP contribution in [0.15, 0.2) is 24.3 Å². The third-order valence-corrected chi connectivity index (χ3v) is 4.00. The third kappa shape index (κ3) is 3.41. The highest BCUT2D eigenvalue weighted by Crippen LogP contribution is 2.27. The molecule has 1 heterocycles. The van der Waals surface area contributed by atoms with Crippen LogP contribution in [0.4, 0.5) is 5.69 Å². The minimum atomic E-state index is 0.00980. The van der Waals surface area contributed by atoms with Crippen LogP contribution in [0.5, 0.6) is 5.75 Å². The van der Waals surface area contributed by atoms with Crippen LogP contribution >= 0.6 is 11.8 Å². The monoisotopic (exact) mass is 262 g/mol. The Morgan fingerprint density at radius 3 is 3.22 bits per heavy atom. The second-order valence-corrected chi connectivity index (χ2v) is 5.28.